The summed E-state index contributed by atoms with van der Waals surface area (Å²) < 4.78 is 0. The Morgan fingerprint density at radius 3 is 3.00 bits per heavy atom. The minimum Gasteiger partial charge on any atom is -0.294 e. The molecule has 0 amide bonds. The molecular formula is C14H16O. The van der Waals surface area contributed by atoms with Crippen LogP contribution in [0.3, 0.4) is 0 Å². The molecule has 0 heterocycles. The summed E-state index contributed by atoms with van der Waals surface area (Å²) in [7, 11) is 0. The van der Waals surface area contributed by atoms with Gasteiger partial charge in [-0.15, -0.1) is 0 Å². The van der Waals surface area contributed by atoms with E-state index < -0.39 is 0 Å². The van der Waals surface area contributed by atoms with Gasteiger partial charge in [-0.3, -0.25) is 4.79 Å². The normalized spacial score (nSPS) is 33.7. The lowest BCUT2D eigenvalue weighted by molar-refractivity contribution is 0.0886. The van der Waals surface area contributed by atoms with Gasteiger partial charge in [0.25, 0.3) is 0 Å². The van der Waals surface area contributed by atoms with Crippen LogP contribution in [0.1, 0.15) is 54.4 Å². The standard InChI is InChI=1S/C14H16O/c1-14-8-4-7-12(14)10-5-2-3-6-11(10)13(15)9-14/h2-3,5-6,12H,4,7-9H2,1H3/t12-,14+/m1/s1. The second-order valence-electron chi connectivity index (χ2n) is 5.29. The molecule has 1 fully saturated rings. The third kappa shape index (κ3) is 1.19. The highest BCUT2D eigenvalue weighted by Crippen LogP contribution is 2.55. The number of hydrogen-bond acceptors (Lipinski definition) is 1. The van der Waals surface area contributed by atoms with Crippen molar-refractivity contribution in [3.8, 4) is 0 Å². The molecule has 15 heavy (non-hydrogen) atoms. The molecule has 1 aromatic carbocycles. The van der Waals surface area contributed by atoms with E-state index in [1.54, 1.807) is 0 Å². The summed E-state index contributed by atoms with van der Waals surface area (Å²) in [4.78, 5) is 12.0. The van der Waals surface area contributed by atoms with E-state index >= 15 is 0 Å². The summed E-state index contributed by atoms with van der Waals surface area (Å²) >= 11 is 0. The van der Waals surface area contributed by atoms with Crippen LogP contribution in [0.5, 0.6) is 0 Å². The molecule has 2 atom stereocenters. The largest absolute Gasteiger partial charge is 0.294 e. The number of Topliss-reactive ketones (excluding diaryl/α,β-unsaturated/α-hetero) is 1. The number of rotatable bonds is 0. The topological polar surface area (TPSA) is 17.1 Å². The van der Waals surface area contributed by atoms with Crippen LogP contribution in [0.2, 0.25) is 0 Å². The molecule has 1 aromatic rings. The Hall–Kier alpha value is -1.11. The molecule has 1 heteroatoms. The smallest absolute Gasteiger partial charge is 0.163 e. The van der Waals surface area contributed by atoms with Gasteiger partial charge in [0.2, 0.25) is 0 Å². The van der Waals surface area contributed by atoms with Crippen molar-refractivity contribution >= 4 is 5.78 Å². The average Bonchev–Trinajstić information content (AvgIpc) is 2.60. The number of fused-ring (bicyclic) bond motifs is 3. The molecule has 1 saturated carbocycles. The van der Waals surface area contributed by atoms with E-state index in [4.69, 9.17) is 0 Å². The zero-order valence-corrected chi connectivity index (χ0v) is 9.12. The minimum atomic E-state index is 0.255. The molecule has 0 bridgehead atoms. The van der Waals surface area contributed by atoms with Gasteiger partial charge in [-0.1, -0.05) is 37.6 Å². The van der Waals surface area contributed by atoms with Crippen molar-refractivity contribution in [1.29, 1.82) is 0 Å². The number of carbonyl (C=O) groups is 1. The van der Waals surface area contributed by atoms with Gasteiger partial charge < -0.3 is 0 Å². The van der Waals surface area contributed by atoms with Gasteiger partial charge in [0.15, 0.2) is 5.78 Å². The molecular weight excluding hydrogens is 184 g/mol. The van der Waals surface area contributed by atoms with Crippen molar-refractivity contribution in [2.75, 3.05) is 0 Å². The van der Waals surface area contributed by atoms with Crippen LogP contribution in [0.15, 0.2) is 24.3 Å². The van der Waals surface area contributed by atoms with Gasteiger partial charge in [-0.05, 0) is 29.7 Å². The molecule has 0 N–H and O–H groups in total. The molecule has 3 rings (SSSR count). The lowest BCUT2D eigenvalue weighted by Crippen LogP contribution is -2.30. The van der Waals surface area contributed by atoms with E-state index in [1.807, 2.05) is 12.1 Å². The third-order valence-corrected chi connectivity index (χ3v) is 4.28. The molecule has 0 spiro atoms. The van der Waals surface area contributed by atoms with E-state index in [0.29, 0.717) is 11.7 Å². The van der Waals surface area contributed by atoms with Gasteiger partial charge in [0.1, 0.15) is 0 Å². The SMILES string of the molecule is C[C@@]12CCC[C@@H]1c1ccccc1C(=O)C2. The number of ketones is 1. The number of carbonyl (C=O) groups excluding carboxylic acids is 1. The van der Waals surface area contributed by atoms with Gasteiger partial charge in [-0.25, -0.2) is 0 Å². The molecule has 0 radical (unpaired) electrons. The molecule has 0 aliphatic heterocycles. The Morgan fingerprint density at radius 2 is 2.13 bits per heavy atom. The first-order valence-corrected chi connectivity index (χ1v) is 5.83. The summed E-state index contributed by atoms with van der Waals surface area (Å²) in [6.45, 7) is 2.29. The first kappa shape index (κ1) is 9.14. The fourth-order valence-corrected chi connectivity index (χ4v) is 3.49. The third-order valence-electron chi connectivity index (χ3n) is 4.28. The van der Waals surface area contributed by atoms with Gasteiger partial charge in [0, 0.05) is 12.0 Å². The van der Waals surface area contributed by atoms with Crippen molar-refractivity contribution in [2.24, 2.45) is 5.41 Å². The van der Waals surface area contributed by atoms with Crippen LogP contribution in [-0.2, 0) is 0 Å². The Kier molecular flexibility index (Phi) is 1.79. The van der Waals surface area contributed by atoms with E-state index in [-0.39, 0.29) is 5.41 Å². The quantitative estimate of drug-likeness (QED) is 0.626. The maximum atomic E-state index is 12.0. The number of hydrogen-bond donors (Lipinski definition) is 0. The fourth-order valence-electron chi connectivity index (χ4n) is 3.49. The predicted molar refractivity (Wildman–Crippen MR) is 60.1 cm³/mol. The highest BCUT2D eigenvalue weighted by atomic mass is 16.1. The summed E-state index contributed by atoms with van der Waals surface area (Å²) in [6, 6.07) is 8.20. The van der Waals surface area contributed by atoms with Gasteiger partial charge in [-0.2, -0.15) is 0 Å². The van der Waals surface area contributed by atoms with Crippen molar-refractivity contribution in [2.45, 2.75) is 38.5 Å². The second-order valence-corrected chi connectivity index (χ2v) is 5.29. The van der Waals surface area contributed by atoms with Crippen molar-refractivity contribution in [3.05, 3.63) is 35.4 Å². The summed E-state index contributed by atoms with van der Waals surface area (Å²) in [5, 5.41) is 0. The van der Waals surface area contributed by atoms with Crippen LogP contribution in [0.25, 0.3) is 0 Å². The molecule has 2 aliphatic carbocycles. The van der Waals surface area contributed by atoms with E-state index in [9.17, 15) is 4.79 Å². The van der Waals surface area contributed by atoms with Crippen LogP contribution in [-0.4, -0.2) is 5.78 Å². The Balaban J connectivity index is 2.18. The maximum Gasteiger partial charge on any atom is 0.163 e. The highest BCUT2D eigenvalue weighted by Gasteiger charge is 2.45. The monoisotopic (exact) mass is 200 g/mol. The van der Waals surface area contributed by atoms with Crippen molar-refractivity contribution in [1.82, 2.24) is 0 Å². The Morgan fingerprint density at radius 1 is 1.33 bits per heavy atom. The first-order chi connectivity index (χ1) is 7.21. The fraction of sp³-hybridized carbons (Fsp3) is 0.500. The zero-order valence-electron chi connectivity index (χ0n) is 9.12. The Bertz CT molecular complexity index is 421. The molecule has 0 unspecified atom stereocenters. The average molecular weight is 200 g/mol. The van der Waals surface area contributed by atoms with Crippen LogP contribution in [0, 0.1) is 5.41 Å². The predicted octanol–water partition coefficient (Wildman–Crippen LogP) is 3.55. The summed E-state index contributed by atoms with van der Waals surface area (Å²) in [6.07, 6.45) is 4.52. The summed E-state index contributed by atoms with van der Waals surface area (Å²) in [5.41, 5.74) is 2.56. The van der Waals surface area contributed by atoms with Gasteiger partial charge >= 0.3 is 0 Å². The van der Waals surface area contributed by atoms with Crippen molar-refractivity contribution in [3.63, 3.8) is 0 Å². The van der Waals surface area contributed by atoms with Crippen LogP contribution >= 0.6 is 0 Å². The highest BCUT2D eigenvalue weighted by molar-refractivity contribution is 5.99. The molecule has 0 saturated heterocycles. The van der Waals surface area contributed by atoms with Crippen LogP contribution < -0.4 is 0 Å². The molecule has 2 aliphatic rings. The summed E-state index contributed by atoms with van der Waals surface area (Å²) in [5.74, 6) is 0.984. The molecule has 78 valence electrons. The lowest BCUT2D eigenvalue weighted by Gasteiger charge is -2.36. The molecule has 0 aromatic heterocycles. The van der Waals surface area contributed by atoms with E-state index in [0.717, 1.165) is 12.0 Å². The second kappa shape index (κ2) is 2.94. The maximum absolute atomic E-state index is 12.0. The van der Waals surface area contributed by atoms with Crippen molar-refractivity contribution < 1.29 is 4.79 Å². The van der Waals surface area contributed by atoms with E-state index in [2.05, 4.69) is 19.1 Å². The number of benzene rings is 1. The van der Waals surface area contributed by atoms with E-state index in [1.165, 1.54) is 24.8 Å². The van der Waals surface area contributed by atoms with Gasteiger partial charge in [0.05, 0.1) is 0 Å². The molecule has 1 nitrogen and oxygen atoms in total. The first-order valence-electron chi connectivity index (χ1n) is 5.83. The Labute approximate surface area is 90.5 Å². The lowest BCUT2D eigenvalue weighted by atomic mass is 9.66. The zero-order chi connectivity index (χ0) is 10.5. The van der Waals surface area contributed by atoms with Crippen LogP contribution in [0.4, 0.5) is 0 Å². The minimum absolute atomic E-state index is 0.255.